The van der Waals surface area contributed by atoms with Crippen LogP contribution in [0.1, 0.15) is 71.3 Å². The van der Waals surface area contributed by atoms with Crippen molar-refractivity contribution in [3.8, 4) is 0 Å². The fraction of sp³-hybridized carbons (Fsp3) is 0.708. The van der Waals surface area contributed by atoms with Crippen molar-refractivity contribution in [1.29, 1.82) is 0 Å². The topological polar surface area (TPSA) is 72.5 Å². The van der Waals surface area contributed by atoms with Crippen LogP contribution in [0.3, 0.4) is 0 Å². The van der Waals surface area contributed by atoms with E-state index in [4.69, 9.17) is 4.74 Å². The Morgan fingerprint density at radius 2 is 1.52 bits per heavy atom. The van der Waals surface area contributed by atoms with Crippen molar-refractivity contribution in [2.45, 2.75) is 95.0 Å². The van der Waals surface area contributed by atoms with Crippen LogP contribution in [0.5, 0.6) is 0 Å². The Bertz CT molecular complexity index is 773. The molecule has 1 aromatic carbocycles. The average Bonchev–Trinajstić information content (AvgIpc) is 3.24. The molecule has 1 N–H and O–H groups in total. The van der Waals surface area contributed by atoms with Crippen molar-refractivity contribution in [2.24, 2.45) is 5.92 Å². The van der Waals surface area contributed by atoms with Gasteiger partial charge in [0.05, 0.1) is 0 Å². The Balaban J connectivity index is 2.26. The van der Waals surface area contributed by atoms with Gasteiger partial charge >= 0.3 is 194 Å². The molecule has 5 nitrogen and oxygen atoms in total. The summed E-state index contributed by atoms with van der Waals surface area (Å²) >= 11 is -2.83. The second kappa shape index (κ2) is 12.6. The molecule has 1 aliphatic rings. The van der Waals surface area contributed by atoms with Crippen molar-refractivity contribution in [3.05, 3.63) is 29.8 Å². The second-order valence-electron chi connectivity index (χ2n) is 9.14. The Hall–Kier alpha value is -0.601. The van der Waals surface area contributed by atoms with Crippen LogP contribution in [0.4, 0.5) is 0 Å². The summed E-state index contributed by atoms with van der Waals surface area (Å²) in [5.74, 6) is -0.699. The van der Waals surface area contributed by atoms with Gasteiger partial charge in [0.1, 0.15) is 0 Å². The molecule has 0 spiro atoms. The fourth-order valence-corrected chi connectivity index (χ4v) is 24.2. The summed E-state index contributed by atoms with van der Waals surface area (Å²) in [5.41, 5.74) is 0.983. The van der Waals surface area contributed by atoms with Gasteiger partial charge in [-0.2, -0.15) is 0 Å². The Morgan fingerprint density at radius 1 is 1.00 bits per heavy atom. The van der Waals surface area contributed by atoms with E-state index in [0.29, 0.717) is 13.0 Å². The molecule has 0 aromatic heterocycles. The van der Waals surface area contributed by atoms with E-state index in [1.54, 1.807) is 24.3 Å². The predicted molar refractivity (Wildman–Crippen MR) is 129 cm³/mol. The number of aryl methyl sites for hydroxylation is 1. The zero-order chi connectivity index (χ0) is 22.9. The van der Waals surface area contributed by atoms with Crippen molar-refractivity contribution in [1.82, 2.24) is 4.72 Å². The number of hydrogen-bond donors (Lipinski definition) is 1. The van der Waals surface area contributed by atoms with Gasteiger partial charge in [-0.1, -0.05) is 0 Å². The third-order valence-electron chi connectivity index (χ3n) is 6.68. The van der Waals surface area contributed by atoms with Crippen LogP contribution >= 0.6 is 0 Å². The predicted octanol–water partition coefficient (Wildman–Crippen LogP) is 5.59. The van der Waals surface area contributed by atoms with Gasteiger partial charge in [0, 0.05) is 0 Å². The third-order valence-corrected chi connectivity index (χ3v) is 24.7. The summed E-state index contributed by atoms with van der Waals surface area (Å²) in [5, 5.41) is 0. The van der Waals surface area contributed by atoms with Gasteiger partial charge < -0.3 is 0 Å². The van der Waals surface area contributed by atoms with Crippen LogP contribution in [-0.2, 0) is 19.6 Å². The van der Waals surface area contributed by atoms with Crippen LogP contribution in [0.15, 0.2) is 29.2 Å². The van der Waals surface area contributed by atoms with Gasteiger partial charge in [0.15, 0.2) is 0 Å². The number of benzene rings is 1. The standard InChI is InChI=1S/C12H14NO4S.3C4H9.Sn/c1-9-2-4-11(5-3-9)18(15,16)13-12(14)10-6-7-17-8-10;3*1-3-4-2;/h2-5,8,10H,6-7H2,1H3,(H,13,14);3*1,3-4H2,2H3;/t10-;;;;/m1..../s1. The molecule has 2 rings (SSSR count). The number of nitrogens with one attached hydrogen (secondary N) is 1. The molecule has 1 amide bonds. The minimum atomic E-state index is -3.87. The molecule has 1 fully saturated rings. The number of sulfonamides is 1. The molecule has 1 aliphatic heterocycles. The van der Waals surface area contributed by atoms with E-state index in [2.05, 4.69) is 25.5 Å². The molecule has 0 unspecified atom stereocenters. The molecule has 1 heterocycles. The van der Waals surface area contributed by atoms with Crippen molar-refractivity contribution < 1.29 is 17.9 Å². The first kappa shape index (κ1) is 26.6. The molecular weight excluding hydrogens is 517 g/mol. The SMILES string of the molecule is CCC[CH2][Sn]([CH2]CCC)([CH2]CCC)[C@@H]1OCC[C@H]1C(=O)NS(=O)(=O)c1ccc(C)cc1. The normalized spacial score (nSPS) is 19.5. The number of rotatable bonds is 13. The molecule has 7 heteroatoms. The molecule has 0 saturated carbocycles. The van der Waals surface area contributed by atoms with Gasteiger partial charge in [-0.15, -0.1) is 0 Å². The number of ether oxygens (including phenoxy) is 1. The van der Waals surface area contributed by atoms with E-state index in [0.717, 1.165) is 24.8 Å². The Kier molecular flexibility index (Phi) is 10.8. The molecule has 1 aromatic rings. The van der Waals surface area contributed by atoms with Crippen LogP contribution in [-0.4, -0.2) is 43.4 Å². The van der Waals surface area contributed by atoms with Crippen LogP contribution in [0, 0.1) is 12.8 Å². The number of carbonyl (C=O) groups is 1. The molecule has 1 saturated heterocycles. The molecule has 2 atom stereocenters. The fourth-order valence-electron chi connectivity index (χ4n) is 4.83. The van der Waals surface area contributed by atoms with Gasteiger partial charge in [0.2, 0.25) is 0 Å². The van der Waals surface area contributed by atoms with Crippen LogP contribution in [0.2, 0.25) is 13.3 Å². The van der Waals surface area contributed by atoms with Crippen LogP contribution < -0.4 is 4.72 Å². The van der Waals surface area contributed by atoms with Gasteiger partial charge in [-0.3, -0.25) is 0 Å². The van der Waals surface area contributed by atoms with Crippen molar-refractivity contribution in [3.63, 3.8) is 0 Å². The summed E-state index contributed by atoms with van der Waals surface area (Å²) in [4.78, 5) is 13.4. The van der Waals surface area contributed by atoms with E-state index in [1.807, 2.05) is 6.92 Å². The van der Waals surface area contributed by atoms with Gasteiger partial charge in [-0.25, -0.2) is 0 Å². The molecule has 31 heavy (non-hydrogen) atoms. The first-order chi connectivity index (χ1) is 14.8. The summed E-state index contributed by atoms with van der Waals surface area (Å²) in [6, 6.07) is 6.62. The molecular formula is C24H41NO4SSn. The van der Waals surface area contributed by atoms with E-state index < -0.39 is 28.4 Å². The number of carbonyl (C=O) groups excluding carboxylic acids is 1. The summed E-state index contributed by atoms with van der Waals surface area (Å²) in [7, 11) is -3.87. The molecule has 176 valence electrons. The third kappa shape index (κ3) is 7.19. The molecule has 0 bridgehead atoms. The first-order valence-electron chi connectivity index (χ1n) is 12.0. The molecule has 0 aliphatic carbocycles. The minimum absolute atomic E-state index is 0.00725. The van der Waals surface area contributed by atoms with Gasteiger partial charge in [-0.05, 0) is 0 Å². The summed E-state index contributed by atoms with van der Waals surface area (Å²) in [6.07, 6.45) is 7.67. The zero-order valence-electron chi connectivity index (χ0n) is 19.8. The Morgan fingerprint density at radius 3 is 2.00 bits per heavy atom. The van der Waals surface area contributed by atoms with Crippen LogP contribution in [0.25, 0.3) is 0 Å². The summed E-state index contributed by atoms with van der Waals surface area (Å²) in [6.45, 7) is 9.15. The maximum absolute atomic E-state index is 13.2. The number of hydrogen-bond acceptors (Lipinski definition) is 4. The Labute approximate surface area is 193 Å². The average molecular weight is 558 g/mol. The van der Waals surface area contributed by atoms with E-state index in [9.17, 15) is 13.2 Å². The van der Waals surface area contributed by atoms with E-state index >= 15 is 0 Å². The molecule has 0 radical (unpaired) electrons. The number of amides is 1. The monoisotopic (exact) mass is 559 g/mol. The second-order valence-corrected chi connectivity index (χ2v) is 24.5. The van der Waals surface area contributed by atoms with Crippen molar-refractivity contribution >= 4 is 34.3 Å². The maximum atomic E-state index is 13.2. The van der Waals surface area contributed by atoms with E-state index in [-0.39, 0.29) is 20.8 Å². The summed E-state index contributed by atoms with van der Waals surface area (Å²) < 4.78 is 38.1. The first-order valence-corrected chi connectivity index (χ1v) is 21.2. The van der Waals surface area contributed by atoms with Gasteiger partial charge in [0.25, 0.3) is 0 Å². The number of unbranched alkanes of at least 4 members (excludes halogenated alkanes) is 3. The zero-order valence-corrected chi connectivity index (χ0v) is 23.5. The van der Waals surface area contributed by atoms with Crippen molar-refractivity contribution in [2.75, 3.05) is 6.61 Å². The quantitative estimate of drug-likeness (QED) is 0.321. The van der Waals surface area contributed by atoms with E-state index in [1.165, 1.54) is 32.6 Å².